The number of aliphatic hydroxyl groups excluding tert-OH is 1. The SMILES string of the molecule is Cn1cc(CNCC2(CO)CC2)cc1C#N. The second kappa shape index (κ2) is 4.28. The third kappa shape index (κ3) is 2.26. The first-order valence-electron chi connectivity index (χ1n) is 5.56. The average molecular weight is 219 g/mol. The summed E-state index contributed by atoms with van der Waals surface area (Å²) in [6.07, 6.45) is 4.20. The summed E-state index contributed by atoms with van der Waals surface area (Å²) in [5.74, 6) is 0. The van der Waals surface area contributed by atoms with E-state index in [1.54, 1.807) is 0 Å². The van der Waals surface area contributed by atoms with Gasteiger partial charge in [-0.15, -0.1) is 0 Å². The summed E-state index contributed by atoms with van der Waals surface area (Å²) >= 11 is 0. The van der Waals surface area contributed by atoms with Crippen molar-refractivity contribution in [2.24, 2.45) is 12.5 Å². The lowest BCUT2D eigenvalue weighted by Gasteiger charge is -2.11. The van der Waals surface area contributed by atoms with Gasteiger partial charge in [-0.1, -0.05) is 0 Å². The molecule has 1 fully saturated rings. The Balaban J connectivity index is 1.83. The summed E-state index contributed by atoms with van der Waals surface area (Å²) in [7, 11) is 1.87. The highest BCUT2D eigenvalue weighted by atomic mass is 16.3. The number of nitriles is 1. The number of hydrogen-bond acceptors (Lipinski definition) is 3. The number of aryl methyl sites for hydroxylation is 1. The minimum absolute atomic E-state index is 0.146. The van der Waals surface area contributed by atoms with Crippen molar-refractivity contribution in [1.82, 2.24) is 9.88 Å². The molecule has 0 aliphatic heterocycles. The molecule has 0 unspecified atom stereocenters. The molecule has 0 amide bonds. The van der Waals surface area contributed by atoms with E-state index < -0.39 is 0 Å². The molecule has 2 rings (SSSR count). The molecule has 0 spiro atoms. The summed E-state index contributed by atoms with van der Waals surface area (Å²) in [4.78, 5) is 0. The summed E-state index contributed by atoms with van der Waals surface area (Å²) < 4.78 is 1.83. The first-order chi connectivity index (χ1) is 7.69. The van der Waals surface area contributed by atoms with Crippen molar-refractivity contribution in [3.8, 4) is 6.07 Å². The van der Waals surface area contributed by atoms with Gasteiger partial charge in [0.15, 0.2) is 0 Å². The highest BCUT2D eigenvalue weighted by Gasteiger charge is 2.41. The molecule has 1 saturated carbocycles. The summed E-state index contributed by atoms with van der Waals surface area (Å²) in [6.45, 7) is 1.90. The second-order valence-electron chi connectivity index (χ2n) is 4.72. The Bertz CT molecular complexity index is 412. The first kappa shape index (κ1) is 11.2. The van der Waals surface area contributed by atoms with Crippen molar-refractivity contribution in [3.05, 3.63) is 23.5 Å². The molecule has 86 valence electrons. The van der Waals surface area contributed by atoms with Crippen LogP contribution in [0.25, 0.3) is 0 Å². The van der Waals surface area contributed by atoms with Gasteiger partial charge in [-0.3, -0.25) is 0 Å². The highest BCUT2D eigenvalue weighted by Crippen LogP contribution is 2.44. The zero-order valence-corrected chi connectivity index (χ0v) is 9.53. The van der Waals surface area contributed by atoms with Gasteiger partial charge in [0.1, 0.15) is 11.8 Å². The maximum absolute atomic E-state index is 9.15. The molecule has 16 heavy (non-hydrogen) atoms. The van der Waals surface area contributed by atoms with Crippen molar-refractivity contribution in [2.75, 3.05) is 13.2 Å². The zero-order valence-electron chi connectivity index (χ0n) is 9.53. The molecule has 0 aromatic carbocycles. The largest absolute Gasteiger partial charge is 0.396 e. The molecule has 4 heteroatoms. The van der Waals surface area contributed by atoms with Gasteiger partial charge in [0.25, 0.3) is 0 Å². The smallest absolute Gasteiger partial charge is 0.120 e. The quantitative estimate of drug-likeness (QED) is 0.768. The van der Waals surface area contributed by atoms with Crippen LogP contribution >= 0.6 is 0 Å². The second-order valence-corrected chi connectivity index (χ2v) is 4.72. The fraction of sp³-hybridized carbons (Fsp3) is 0.583. The number of aromatic nitrogens is 1. The predicted octanol–water partition coefficient (Wildman–Crippen LogP) is 0.759. The predicted molar refractivity (Wildman–Crippen MR) is 60.6 cm³/mol. The van der Waals surface area contributed by atoms with E-state index in [2.05, 4.69) is 11.4 Å². The van der Waals surface area contributed by atoms with Gasteiger partial charge in [-0.25, -0.2) is 0 Å². The van der Waals surface area contributed by atoms with Gasteiger partial charge >= 0.3 is 0 Å². The van der Waals surface area contributed by atoms with E-state index in [1.807, 2.05) is 23.9 Å². The van der Waals surface area contributed by atoms with Gasteiger partial charge < -0.3 is 15.0 Å². The number of aliphatic hydroxyl groups is 1. The van der Waals surface area contributed by atoms with Crippen LogP contribution < -0.4 is 5.32 Å². The molecule has 2 N–H and O–H groups in total. The van der Waals surface area contributed by atoms with Gasteiger partial charge in [0, 0.05) is 38.4 Å². The van der Waals surface area contributed by atoms with Crippen molar-refractivity contribution in [2.45, 2.75) is 19.4 Å². The molecule has 4 nitrogen and oxygen atoms in total. The Morgan fingerprint density at radius 2 is 2.38 bits per heavy atom. The molecule has 1 heterocycles. The molecular weight excluding hydrogens is 202 g/mol. The van der Waals surface area contributed by atoms with Gasteiger partial charge in [-0.2, -0.15) is 5.26 Å². The number of nitrogens with zero attached hydrogens (tertiary/aromatic N) is 2. The topological polar surface area (TPSA) is 61.0 Å². The van der Waals surface area contributed by atoms with Crippen molar-refractivity contribution in [3.63, 3.8) is 0 Å². The van der Waals surface area contributed by atoms with Crippen LogP contribution in [0.15, 0.2) is 12.3 Å². The minimum atomic E-state index is 0.146. The third-order valence-electron chi connectivity index (χ3n) is 3.30. The molecule has 0 saturated heterocycles. The van der Waals surface area contributed by atoms with Gasteiger partial charge in [-0.05, 0) is 24.5 Å². The fourth-order valence-corrected chi connectivity index (χ4v) is 1.88. The van der Waals surface area contributed by atoms with Crippen LogP contribution in [0.2, 0.25) is 0 Å². The Labute approximate surface area is 95.5 Å². The Morgan fingerprint density at radius 1 is 1.62 bits per heavy atom. The number of nitrogens with one attached hydrogen (secondary N) is 1. The molecule has 0 atom stereocenters. The van der Waals surface area contributed by atoms with Crippen LogP contribution in [-0.4, -0.2) is 22.8 Å². The van der Waals surface area contributed by atoms with Crippen LogP contribution in [0.5, 0.6) is 0 Å². The maximum Gasteiger partial charge on any atom is 0.120 e. The lowest BCUT2D eigenvalue weighted by molar-refractivity contribution is 0.207. The maximum atomic E-state index is 9.15. The third-order valence-corrected chi connectivity index (χ3v) is 3.30. The molecule has 1 aliphatic carbocycles. The van der Waals surface area contributed by atoms with Crippen LogP contribution in [0, 0.1) is 16.7 Å². The zero-order chi connectivity index (χ0) is 11.6. The monoisotopic (exact) mass is 219 g/mol. The Morgan fingerprint density at radius 3 is 2.88 bits per heavy atom. The van der Waals surface area contributed by atoms with Crippen LogP contribution in [0.4, 0.5) is 0 Å². The van der Waals surface area contributed by atoms with E-state index in [4.69, 9.17) is 10.4 Å². The lowest BCUT2D eigenvalue weighted by Crippen LogP contribution is -2.25. The Hall–Kier alpha value is -1.31. The van der Waals surface area contributed by atoms with Crippen LogP contribution in [-0.2, 0) is 13.6 Å². The van der Waals surface area contributed by atoms with E-state index >= 15 is 0 Å². The molecule has 0 radical (unpaired) electrons. The number of hydrogen-bond donors (Lipinski definition) is 2. The van der Waals surface area contributed by atoms with E-state index in [9.17, 15) is 0 Å². The van der Waals surface area contributed by atoms with Gasteiger partial charge in [0.05, 0.1) is 0 Å². The van der Waals surface area contributed by atoms with E-state index in [1.165, 1.54) is 0 Å². The molecular formula is C12H17N3O. The summed E-state index contributed by atoms with van der Waals surface area (Å²) in [5, 5.41) is 21.3. The van der Waals surface area contributed by atoms with E-state index in [0.29, 0.717) is 5.69 Å². The van der Waals surface area contributed by atoms with E-state index in [0.717, 1.165) is 31.5 Å². The van der Waals surface area contributed by atoms with Crippen molar-refractivity contribution >= 4 is 0 Å². The van der Waals surface area contributed by atoms with Crippen LogP contribution in [0.1, 0.15) is 24.1 Å². The number of rotatable bonds is 5. The highest BCUT2D eigenvalue weighted by molar-refractivity contribution is 5.28. The van der Waals surface area contributed by atoms with E-state index in [-0.39, 0.29) is 12.0 Å². The standard InChI is InChI=1S/C12H17N3O/c1-15-7-10(4-11(15)5-13)6-14-8-12(9-16)2-3-12/h4,7,14,16H,2-3,6,8-9H2,1H3. The summed E-state index contributed by atoms with van der Waals surface area (Å²) in [5.41, 5.74) is 1.94. The normalized spacial score (nSPS) is 17.1. The molecule has 0 bridgehead atoms. The fourth-order valence-electron chi connectivity index (χ4n) is 1.88. The minimum Gasteiger partial charge on any atom is -0.396 e. The molecule has 1 aliphatic rings. The van der Waals surface area contributed by atoms with Crippen molar-refractivity contribution in [1.29, 1.82) is 5.26 Å². The van der Waals surface area contributed by atoms with Gasteiger partial charge in [0.2, 0.25) is 0 Å². The summed E-state index contributed by atoms with van der Waals surface area (Å²) in [6, 6.07) is 4.04. The van der Waals surface area contributed by atoms with Crippen molar-refractivity contribution < 1.29 is 5.11 Å². The van der Waals surface area contributed by atoms with Crippen LogP contribution in [0.3, 0.4) is 0 Å². The average Bonchev–Trinajstić information content (AvgIpc) is 2.97. The first-order valence-corrected chi connectivity index (χ1v) is 5.56. The Kier molecular flexibility index (Phi) is 2.99. The lowest BCUT2D eigenvalue weighted by atomic mass is 10.1. The molecule has 1 aromatic heterocycles. The molecule has 1 aromatic rings.